The summed E-state index contributed by atoms with van der Waals surface area (Å²) in [5.41, 5.74) is 1.20. The largest absolute Gasteiger partial charge is 0.496 e. The number of carbonyl (C=O) groups excluding carboxylic acids is 2. The Kier molecular flexibility index (Phi) is 7.17. The average molecular weight is 404 g/mol. The molecule has 2 aromatic rings. The fraction of sp³-hybridized carbons (Fsp3) is 0.300. The van der Waals surface area contributed by atoms with Gasteiger partial charge < -0.3 is 15.4 Å². The second-order valence-electron chi connectivity index (χ2n) is 6.34. The molecule has 0 aliphatic rings. The van der Waals surface area contributed by atoms with Gasteiger partial charge in [-0.25, -0.2) is 8.42 Å². The molecule has 2 amide bonds. The summed E-state index contributed by atoms with van der Waals surface area (Å²) in [6, 6.07) is 12.9. The van der Waals surface area contributed by atoms with Gasteiger partial charge in [0, 0.05) is 19.2 Å². The number of amides is 2. The van der Waals surface area contributed by atoms with Crippen molar-refractivity contribution in [2.75, 3.05) is 19.9 Å². The number of hydrogen-bond donors (Lipinski definition) is 2. The molecule has 0 radical (unpaired) electrons. The summed E-state index contributed by atoms with van der Waals surface area (Å²) in [4.78, 5) is 24.5. The van der Waals surface area contributed by atoms with E-state index in [1.165, 1.54) is 19.2 Å². The van der Waals surface area contributed by atoms with Crippen molar-refractivity contribution in [1.29, 1.82) is 0 Å². The zero-order valence-electron chi connectivity index (χ0n) is 16.1. The van der Waals surface area contributed by atoms with E-state index in [9.17, 15) is 18.0 Å². The lowest BCUT2D eigenvalue weighted by Crippen LogP contribution is -2.32. The van der Waals surface area contributed by atoms with Gasteiger partial charge in [-0.05, 0) is 36.8 Å². The van der Waals surface area contributed by atoms with Crippen molar-refractivity contribution in [2.24, 2.45) is 0 Å². The first-order valence-electron chi connectivity index (χ1n) is 8.73. The summed E-state index contributed by atoms with van der Waals surface area (Å²) in [6.45, 7) is 1.99. The Balaban J connectivity index is 1.84. The van der Waals surface area contributed by atoms with Crippen LogP contribution in [0.1, 0.15) is 35.3 Å². The molecule has 0 unspecified atom stereocenters. The molecule has 0 aliphatic carbocycles. The quantitative estimate of drug-likeness (QED) is 0.702. The van der Waals surface area contributed by atoms with Crippen LogP contribution in [0.3, 0.4) is 0 Å². The lowest BCUT2D eigenvalue weighted by Gasteiger charge is -2.15. The number of rotatable bonds is 8. The van der Waals surface area contributed by atoms with Crippen LogP contribution in [-0.2, 0) is 14.6 Å². The highest BCUT2D eigenvalue weighted by atomic mass is 32.2. The summed E-state index contributed by atoms with van der Waals surface area (Å²) in [5.74, 6) is -0.0645. The number of ether oxygens (including phenoxy) is 1. The van der Waals surface area contributed by atoms with Gasteiger partial charge in [0.15, 0.2) is 9.84 Å². The molecule has 2 N–H and O–H groups in total. The van der Waals surface area contributed by atoms with E-state index in [0.717, 1.165) is 11.8 Å². The average Bonchev–Trinajstić information content (AvgIpc) is 2.67. The smallest absolute Gasteiger partial charge is 0.255 e. The minimum atomic E-state index is -3.25. The van der Waals surface area contributed by atoms with E-state index < -0.39 is 9.84 Å². The van der Waals surface area contributed by atoms with Crippen LogP contribution in [0, 0.1) is 0 Å². The van der Waals surface area contributed by atoms with E-state index in [1.807, 2.05) is 0 Å². The maximum atomic E-state index is 12.2. The molecular weight excluding hydrogens is 380 g/mol. The molecule has 8 heteroatoms. The monoisotopic (exact) mass is 404 g/mol. The molecule has 0 saturated carbocycles. The van der Waals surface area contributed by atoms with Crippen LogP contribution >= 0.6 is 0 Å². The first-order valence-corrected chi connectivity index (χ1v) is 10.6. The van der Waals surface area contributed by atoms with Crippen LogP contribution in [-0.4, -0.2) is 40.1 Å². The van der Waals surface area contributed by atoms with E-state index in [2.05, 4.69) is 10.6 Å². The normalized spacial score (nSPS) is 12.1. The highest BCUT2D eigenvalue weighted by Crippen LogP contribution is 2.17. The summed E-state index contributed by atoms with van der Waals surface area (Å²) in [5, 5.41) is 5.52. The molecule has 0 spiro atoms. The maximum Gasteiger partial charge on any atom is 0.255 e. The number of benzene rings is 2. The SMILES string of the molecule is COc1ccccc1C(=O)NCCC(=O)N[C@@H](C)c1ccc(S(C)(=O)=O)cc1. The van der Waals surface area contributed by atoms with Gasteiger partial charge in [0.2, 0.25) is 5.91 Å². The lowest BCUT2D eigenvalue weighted by molar-refractivity contribution is -0.121. The number of nitrogens with one attached hydrogen (secondary N) is 2. The topological polar surface area (TPSA) is 102 Å². The van der Waals surface area contributed by atoms with Crippen LogP contribution in [0.5, 0.6) is 5.75 Å². The van der Waals surface area contributed by atoms with Gasteiger partial charge in [-0.3, -0.25) is 9.59 Å². The van der Waals surface area contributed by atoms with E-state index in [0.29, 0.717) is 11.3 Å². The Bertz CT molecular complexity index is 939. The molecular formula is C20H24N2O5S. The third kappa shape index (κ3) is 5.82. The fourth-order valence-electron chi connectivity index (χ4n) is 2.62. The molecule has 0 saturated heterocycles. The fourth-order valence-corrected chi connectivity index (χ4v) is 3.25. The molecule has 150 valence electrons. The summed E-state index contributed by atoms with van der Waals surface area (Å²) < 4.78 is 28.1. The van der Waals surface area contributed by atoms with E-state index >= 15 is 0 Å². The maximum absolute atomic E-state index is 12.2. The van der Waals surface area contributed by atoms with Gasteiger partial charge in [-0.15, -0.1) is 0 Å². The van der Waals surface area contributed by atoms with E-state index in [-0.39, 0.29) is 35.7 Å². The zero-order valence-corrected chi connectivity index (χ0v) is 16.9. The standard InChI is InChI=1S/C20H24N2O5S/c1-14(15-8-10-16(11-9-15)28(3,25)26)22-19(23)12-13-21-20(24)17-6-4-5-7-18(17)27-2/h4-11,14H,12-13H2,1-3H3,(H,21,24)(H,22,23)/t14-/m0/s1. The number of para-hydroxylation sites is 1. The zero-order chi connectivity index (χ0) is 20.7. The van der Waals surface area contributed by atoms with Crippen molar-refractivity contribution in [3.05, 3.63) is 59.7 Å². The Morgan fingerprint density at radius 3 is 2.32 bits per heavy atom. The van der Waals surface area contributed by atoms with Crippen LogP contribution in [0.25, 0.3) is 0 Å². The number of methoxy groups -OCH3 is 1. The molecule has 0 aliphatic heterocycles. The van der Waals surface area contributed by atoms with Crippen molar-refractivity contribution < 1.29 is 22.7 Å². The molecule has 0 fully saturated rings. The first kappa shape index (κ1) is 21.4. The highest BCUT2D eigenvalue weighted by Gasteiger charge is 2.14. The second-order valence-corrected chi connectivity index (χ2v) is 8.35. The van der Waals surface area contributed by atoms with Gasteiger partial charge in [-0.2, -0.15) is 0 Å². The molecule has 2 rings (SSSR count). The molecule has 1 atom stereocenters. The summed E-state index contributed by atoms with van der Waals surface area (Å²) in [6.07, 6.45) is 1.26. The minimum Gasteiger partial charge on any atom is -0.496 e. The summed E-state index contributed by atoms with van der Waals surface area (Å²) in [7, 11) is -1.76. The summed E-state index contributed by atoms with van der Waals surface area (Å²) >= 11 is 0. The second kappa shape index (κ2) is 9.36. The first-order chi connectivity index (χ1) is 13.2. The molecule has 0 aromatic heterocycles. The molecule has 0 heterocycles. The third-order valence-corrected chi connectivity index (χ3v) is 5.30. The van der Waals surface area contributed by atoms with Crippen molar-refractivity contribution >= 4 is 21.7 Å². The van der Waals surface area contributed by atoms with Gasteiger partial charge in [0.1, 0.15) is 5.75 Å². The molecule has 2 aromatic carbocycles. The molecule has 0 bridgehead atoms. The van der Waals surface area contributed by atoms with Gasteiger partial charge in [0.25, 0.3) is 5.91 Å². The van der Waals surface area contributed by atoms with Crippen molar-refractivity contribution in [3.8, 4) is 5.75 Å². The number of hydrogen-bond acceptors (Lipinski definition) is 5. The van der Waals surface area contributed by atoms with E-state index in [4.69, 9.17) is 4.74 Å². The van der Waals surface area contributed by atoms with Crippen LogP contribution in [0.4, 0.5) is 0 Å². The van der Waals surface area contributed by atoms with Gasteiger partial charge in [0.05, 0.1) is 23.6 Å². The minimum absolute atomic E-state index is 0.118. The number of sulfone groups is 1. The van der Waals surface area contributed by atoms with Crippen molar-refractivity contribution in [1.82, 2.24) is 10.6 Å². The van der Waals surface area contributed by atoms with Gasteiger partial charge >= 0.3 is 0 Å². The van der Waals surface area contributed by atoms with Crippen LogP contribution < -0.4 is 15.4 Å². The van der Waals surface area contributed by atoms with Gasteiger partial charge in [-0.1, -0.05) is 24.3 Å². The van der Waals surface area contributed by atoms with Crippen molar-refractivity contribution in [3.63, 3.8) is 0 Å². The third-order valence-electron chi connectivity index (χ3n) is 4.17. The van der Waals surface area contributed by atoms with Crippen LogP contribution in [0.2, 0.25) is 0 Å². The lowest BCUT2D eigenvalue weighted by atomic mass is 10.1. The Hall–Kier alpha value is -2.87. The Morgan fingerprint density at radius 1 is 1.07 bits per heavy atom. The van der Waals surface area contributed by atoms with Crippen LogP contribution in [0.15, 0.2) is 53.4 Å². The predicted octanol–water partition coefficient (Wildman–Crippen LogP) is 2.10. The van der Waals surface area contributed by atoms with E-state index in [1.54, 1.807) is 43.3 Å². The van der Waals surface area contributed by atoms with Crippen molar-refractivity contribution in [2.45, 2.75) is 24.3 Å². The predicted molar refractivity (Wildman–Crippen MR) is 106 cm³/mol. The molecule has 7 nitrogen and oxygen atoms in total. The molecule has 28 heavy (non-hydrogen) atoms. The number of carbonyl (C=O) groups is 2. The highest BCUT2D eigenvalue weighted by molar-refractivity contribution is 7.90. The Labute approximate surface area is 165 Å². The Morgan fingerprint density at radius 2 is 1.71 bits per heavy atom.